The first-order valence-electron chi connectivity index (χ1n) is 5.04. The fraction of sp³-hybridized carbons (Fsp3) is 0.385. The van der Waals surface area contributed by atoms with Crippen molar-refractivity contribution in [3.8, 4) is 5.75 Å². The number of aliphatic hydroxyl groups excluding tert-OH is 1. The second-order valence-corrected chi connectivity index (χ2v) is 3.65. The Morgan fingerprint density at radius 3 is 2.60 bits per heavy atom. The van der Waals surface area contributed by atoms with Crippen LogP contribution in [0, 0.1) is 13.8 Å². The van der Waals surface area contributed by atoms with Crippen LogP contribution < -0.4 is 4.74 Å². The summed E-state index contributed by atoms with van der Waals surface area (Å²) < 4.78 is 5.22. The highest BCUT2D eigenvalue weighted by Gasteiger charge is 2.12. The molecule has 1 aromatic carbocycles. The van der Waals surface area contributed by atoms with Gasteiger partial charge in [-0.1, -0.05) is 12.1 Å². The highest BCUT2D eigenvalue weighted by molar-refractivity contribution is 5.44. The molecule has 0 aliphatic carbocycles. The molecule has 0 radical (unpaired) electrons. The summed E-state index contributed by atoms with van der Waals surface area (Å²) >= 11 is 0. The first kappa shape index (κ1) is 11.8. The van der Waals surface area contributed by atoms with Crippen molar-refractivity contribution in [3.05, 3.63) is 41.5 Å². The second kappa shape index (κ2) is 4.99. The maximum absolute atomic E-state index is 9.88. The molecule has 1 rings (SSSR count). The fourth-order valence-electron chi connectivity index (χ4n) is 1.68. The molecule has 0 aromatic heterocycles. The molecule has 15 heavy (non-hydrogen) atoms. The quantitative estimate of drug-likeness (QED) is 0.767. The topological polar surface area (TPSA) is 29.5 Å². The minimum Gasteiger partial charge on any atom is -0.496 e. The predicted molar refractivity (Wildman–Crippen MR) is 62.2 cm³/mol. The molecule has 1 N–H and O–H groups in total. The van der Waals surface area contributed by atoms with Gasteiger partial charge in [0.05, 0.1) is 13.2 Å². The number of methoxy groups -OCH3 is 1. The summed E-state index contributed by atoms with van der Waals surface area (Å²) in [6, 6.07) is 3.80. The molecule has 0 fully saturated rings. The monoisotopic (exact) mass is 206 g/mol. The van der Waals surface area contributed by atoms with Crippen LogP contribution in [0.4, 0.5) is 0 Å². The van der Waals surface area contributed by atoms with Crippen LogP contribution in [0.15, 0.2) is 24.8 Å². The van der Waals surface area contributed by atoms with Crippen LogP contribution in [-0.4, -0.2) is 12.2 Å². The average molecular weight is 206 g/mol. The molecule has 2 nitrogen and oxygen atoms in total. The van der Waals surface area contributed by atoms with E-state index in [4.69, 9.17) is 4.74 Å². The van der Waals surface area contributed by atoms with Crippen LogP contribution in [-0.2, 0) is 0 Å². The molecule has 2 heteroatoms. The molecule has 0 aliphatic heterocycles. The maximum atomic E-state index is 9.88. The van der Waals surface area contributed by atoms with Crippen LogP contribution in [0.5, 0.6) is 5.75 Å². The number of aliphatic hydroxyl groups is 1. The highest BCUT2D eigenvalue weighted by atomic mass is 16.5. The van der Waals surface area contributed by atoms with Crippen LogP contribution in [0.2, 0.25) is 0 Å². The SMILES string of the molecule is C=CC[C@@H](O)c1ccc(OC)c(C)c1C. The van der Waals surface area contributed by atoms with E-state index in [1.807, 2.05) is 26.0 Å². The first-order chi connectivity index (χ1) is 7.11. The van der Waals surface area contributed by atoms with Gasteiger partial charge in [-0.05, 0) is 43.0 Å². The lowest BCUT2D eigenvalue weighted by Crippen LogP contribution is -2.01. The van der Waals surface area contributed by atoms with E-state index in [2.05, 4.69) is 6.58 Å². The second-order valence-electron chi connectivity index (χ2n) is 3.65. The van der Waals surface area contributed by atoms with Gasteiger partial charge < -0.3 is 9.84 Å². The third-order valence-electron chi connectivity index (χ3n) is 2.75. The van der Waals surface area contributed by atoms with E-state index in [9.17, 15) is 5.11 Å². The summed E-state index contributed by atoms with van der Waals surface area (Å²) in [7, 11) is 1.65. The van der Waals surface area contributed by atoms with E-state index in [1.165, 1.54) is 0 Å². The fourth-order valence-corrected chi connectivity index (χ4v) is 1.68. The Kier molecular flexibility index (Phi) is 3.92. The van der Waals surface area contributed by atoms with Crippen molar-refractivity contribution in [1.82, 2.24) is 0 Å². The lowest BCUT2D eigenvalue weighted by Gasteiger charge is -2.16. The average Bonchev–Trinajstić information content (AvgIpc) is 2.22. The van der Waals surface area contributed by atoms with Crippen molar-refractivity contribution in [2.45, 2.75) is 26.4 Å². The lowest BCUT2D eigenvalue weighted by molar-refractivity contribution is 0.180. The minimum absolute atomic E-state index is 0.466. The molecular weight excluding hydrogens is 188 g/mol. The Balaban J connectivity index is 3.11. The van der Waals surface area contributed by atoms with Crippen LogP contribution in [0.1, 0.15) is 29.2 Å². The van der Waals surface area contributed by atoms with Gasteiger partial charge in [-0.3, -0.25) is 0 Å². The van der Waals surface area contributed by atoms with Gasteiger partial charge >= 0.3 is 0 Å². The largest absolute Gasteiger partial charge is 0.496 e. The summed E-state index contributed by atoms with van der Waals surface area (Å²) in [6.07, 6.45) is 1.84. The van der Waals surface area contributed by atoms with E-state index in [0.717, 1.165) is 22.4 Å². The van der Waals surface area contributed by atoms with Gasteiger partial charge in [0.1, 0.15) is 5.75 Å². The maximum Gasteiger partial charge on any atom is 0.122 e. The van der Waals surface area contributed by atoms with Crippen molar-refractivity contribution >= 4 is 0 Å². The summed E-state index contributed by atoms with van der Waals surface area (Å²) in [5, 5.41) is 9.88. The molecule has 0 saturated heterocycles. The molecule has 0 spiro atoms. The molecular formula is C13H18O2. The van der Waals surface area contributed by atoms with Crippen LogP contribution in [0.3, 0.4) is 0 Å². The van der Waals surface area contributed by atoms with Gasteiger partial charge in [0, 0.05) is 0 Å². The number of rotatable bonds is 4. The lowest BCUT2D eigenvalue weighted by atomic mass is 9.97. The zero-order valence-electron chi connectivity index (χ0n) is 9.58. The van der Waals surface area contributed by atoms with Gasteiger partial charge in [0.2, 0.25) is 0 Å². The number of ether oxygens (including phenoxy) is 1. The van der Waals surface area contributed by atoms with Gasteiger partial charge in [0.25, 0.3) is 0 Å². The van der Waals surface area contributed by atoms with Crippen LogP contribution >= 0.6 is 0 Å². The number of hydrogen-bond donors (Lipinski definition) is 1. The molecule has 0 bridgehead atoms. The molecule has 0 aliphatic rings. The summed E-state index contributed by atoms with van der Waals surface area (Å²) in [5.74, 6) is 0.863. The normalized spacial score (nSPS) is 12.3. The molecule has 0 amide bonds. The Hall–Kier alpha value is -1.28. The Labute approximate surface area is 91.2 Å². The van der Waals surface area contributed by atoms with Crippen molar-refractivity contribution in [2.75, 3.05) is 7.11 Å². The zero-order chi connectivity index (χ0) is 11.4. The molecule has 82 valence electrons. The van der Waals surface area contributed by atoms with E-state index in [1.54, 1.807) is 13.2 Å². The van der Waals surface area contributed by atoms with E-state index >= 15 is 0 Å². The predicted octanol–water partition coefficient (Wildman–Crippen LogP) is 2.92. The summed E-state index contributed by atoms with van der Waals surface area (Å²) in [4.78, 5) is 0. The standard InChI is InChI=1S/C13H18O2/c1-5-6-12(14)11-7-8-13(15-4)10(3)9(11)2/h5,7-8,12,14H,1,6H2,2-4H3/t12-/m1/s1. The summed E-state index contributed by atoms with van der Waals surface area (Å²) in [5.41, 5.74) is 3.12. The molecule has 1 atom stereocenters. The zero-order valence-corrected chi connectivity index (χ0v) is 9.58. The van der Waals surface area contributed by atoms with E-state index in [-0.39, 0.29) is 0 Å². The Morgan fingerprint density at radius 1 is 1.40 bits per heavy atom. The third-order valence-corrected chi connectivity index (χ3v) is 2.75. The Bertz CT molecular complexity index is 356. The third kappa shape index (κ3) is 2.39. The van der Waals surface area contributed by atoms with Gasteiger partial charge in [-0.15, -0.1) is 6.58 Å². The van der Waals surface area contributed by atoms with E-state index < -0.39 is 6.10 Å². The number of benzene rings is 1. The first-order valence-corrected chi connectivity index (χ1v) is 5.04. The smallest absolute Gasteiger partial charge is 0.122 e. The van der Waals surface area contributed by atoms with Crippen LogP contribution in [0.25, 0.3) is 0 Å². The Morgan fingerprint density at radius 2 is 2.07 bits per heavy atom. The molecule has 0 unspecified atom stereocenters. The van der Waals surface area contributed by atoms with Crippen molar-refractivity contribution in [2.24, 2.45) is 0 Å². The summed E-state index contributed by atoms with van der Waals surface area (Å²) in [6.45, 7) is 7.63. The minimum atomic E-state index is -0.466. The van der Waals surface area contributed by atoms with Crippen molar-refractivity contribution < 1.29 is 9.84 Å². The van der Waals surface area contributed by atoms with Gasteiger partial charge in [0.15, 0.2) is 0 Å². The van der Waals surface area contributed by atoms with Gasteiger partial charge in [-0.2, -0.15) is 0 Å². The molecule has 0 heterocycles. The molecule has 1 aromatic rings. The van der Waals surface area contributed by atoms with Crippen molar-refractivity contribution in [3.63, 3.8) is 0 Å². The van der Waals surface area contributed by atoms with Crippen molar-refractivity contribution in [1.29, 1.82) is 0 Å². The highest BCUT2D eigenvalue weighted by Crippen LogP contribution is 2.28. The number of hydrogen-bond acceptors (Lipinski definition) is 2. The van der Waals surface area contributed by atoms with Gasteiger partial charge in [-0.25, -0.2) is 0 Å². The van der Waals surface area contributed by atoms with E-state index in [0.29, 0.717) is 6.42 Å². The molecule has 0 saturated carbocycles.